The van der Waals surface area contributed by atoms with Crippen LogP contribution in [0.4, 0.5) is 15.9 Å². The fraction of sp³-hybridized carbons (Fsp3) is 0.417. The lowest BCUT2D eigenvalue weighted by molar-refractivity contribution is 0.0142. The highest BCUT2D eigenvalue weighted by molar-refractivity contribution is 6.31. The smallest absolute Gasteiger partial charge is 0.165 e. The number of ether oxygens (including phenoxy) is 4. The maximum Gasteiger partial charge on any atom is 0.165 e. The van der Waals surface area contributed by atoms with Crippen LogP contribution >= 0.6 is 11.6 Å². The number of fused-ring (bicyclic) bond motifs is 1. The van der Waals surface area contributed by atoms with Crippen LogP contribution < -0.4 is 14.8 Å². The molecule has 3 aromatic rings. The van der Waals surface area contributed by atoms with Crippen molar-refractivity contribution in [2.24, 2.45) is 0 Å². The second kappa shape index (κ2) is 10.1. The van der Waals surface area contributed by atoms with Crippen molar-refractivity contribution in [3.63, 3.8) is 0 Å². The van der Waals surface area contributed by atoms with Crippen LogP contribution in [0.5, 0.6) is 11.5 Å². The van der Waals surface area contributed by atoms with Gasteiger partial charge in [-0.3, -0.25) is 0 Å². The number of hydrogen-bond acceptors (Lipinski definition) is 7. The van der Waals surface area contributed by atoms with Crippen molar-refractivity contribution in [1.82, 2.24) is 9.97 Å². The van der Waals surface area contributed by atoms with Gasteiger partial charge in [0, 0.05) is 37.1 Å². The van der Waals surface area contributed by atoms with Crippen molar-refractivity contribution in [2.75, 3.05) is 31.7 Å². The maximum atomic E-state index is 14.5. The largest absolute Gasteiger partial charge is 0.486 e. The molecule has 0 saturated carbocycles. The normalized spacial score (nSPS) is 17.8. The summed E-state index contributed by atoms with van der Waals surface area (Å²) in [4.78, 5) is 8.76. The predicted octanol–water partition coefficient (Wildman–Crippen LogP) is 5.28. The Morgan fingerprint density at radius 1 is 0.909 bits per heavy atom. The molecule has 3 heterocycles. The van der Waals surface area contributed by atoms with E-state index in [2.05, 4.69) is 15.3 Å². The standard InChI is InChI=1S/C24H25ClFN3O4/c25-18-2-1-3-19(23(18)26)29-24-17-12-21(32-15-4-8-30-9-5-15)22(13-20(17)27-14-28-24)33-16-6-10-31-11-7-16/h1-3,12-16H,4-11H2,(H,27,28,29). The number of benzene rings is 2. The Morgan fingerprint density at radius 2 is 1.55 bits per heavy atom. The van der Waals surface area contributed by atoms with Gasteiger partial charge in [-0.15, -0.1) is 0 Å². The van der Waals surface area contributed by atoms with Crippen LogP contribution in [0.1, 0.15) is 25.7 Å². The van der Waals surface area contributed by atoms with Gasteiger partial charge in [0.05, 0.1) is 42.7 Å². The molecule has 0 amide bonds. The van der Waals surface area contributed by atoms with Gasteiger partial charge in [-0.1, -0.05) is 17.7 Å². The van der Waals surface area contributed by atoms with Crippen molar-refractivity contribution in [3.05, 3.63) is 47.5 Å². The van der Waals surface area contributed by atoms with Crippen molar-refractivity contribution >= 4 is 34.0 Å². The quantitative estimate of drug-likeness (QED) is 0.522. The van der Waals surface area contributed by atoms with E-state index in [-0.39, 0.29) is 22.9 Å². The number of halogens is 2. The Labute approximate surface area is 196 Å². The van der Waals surface area contributed by atoms with E-state index in [0.717, 1.165) is 25.7 Å². The first-order valence-corrected chi connectivity index (χ1v) is 11.5. The lowest BCUT2D eigenvalue weighted by atomic mass is 10.1. The molecule has 2 fully saturated rings. The van der Waals surface area contributed by atoms with Gasteiger partial charge in [-0.2, -0.15) is 0 Å². The van der Waals surface area contributed by atoms with E-state index >= 15 is 0 Å². The Morgan fingerprint density at radius 3 is 2.21 bits per heavy atom. The van der Waals surface area contributed by atoms with Gasteiger partial charge in [0.15, 0.2) is 17.3 Å². The van der Waals surface area contributed by atoms with E-state index in [4.69, 9.17) is 30.5 Å². The molecule has 0 atom stereocenters. The van der Waals surface area contributed by atoms with Crippen molar-refractivity contribution in [2.45, 2.75) is 37.9 Å². The summed E-state index contributed by atoms with van der Waals surface area (Å²) in [7, 11) is 0. The number of nitrogens with zero attached hydrogens (tertiary/aromatic N) is 2. The number of anilines is 2. The van der Waals surface area contributed by atoms with Gasteiger partial charge >= 0.3 is 0 Å². The molecule has 0 spiro atoms. The summed E-state index contributed by atoms with van der Waals surface area (Å²) >= 11 is 5.94. The first-order valence-electron chi connectivity index (χ1n) is 11.2. The SMILES string of the molecule is Fc1c(Cl)cccc1Nc1ncnc2cc(OC3CCOCC3)c(OC3CCOCC3)cc12. The molecule has 2 aromatic carbocycles. The third kappa shape index (κ3) is 5.13. The molecule has 1 aromatic heterocycles. The van der Waals surface area contributed by atoms with E-state index in [1.165, 1.54) is 12.4 Å². The molecular formula is C24H25ClFN3O4. The van der Waals surface area contributed by atoms with Crippen LogP contribution in [0.3, 0.4) is 0 Å². The zero-order valence-electron chi connectivity index (χ0n) is 18.1. The van der Waals surface area contributed by atoms with Crippen LogP contribution in [-0.2, 0) is 9.47 Å². The minimum atomic E-state index is -0.538. The van der Waals surface area contributed by atoms with Crippen LogP contribution in [0.15, 0.2) is 36.7 Å². The first-order chi connectivity index (χ1) is 16.2. The van der Waals surface area contributed by atoms with E-state index in [1.54, 1.807) is 12.1 Å². The third-order valence-corrected chi connectivity index (χ3v) is 6.12. The highest BCUT2D eigenvalue weighted by Crippen LogP contribution is 2.38. The molecule has 5 rings (SSSR count). The van der Waals surface area contributed by atoms with Crippen LogP contribution in [0.2, 0.25) is 5.02 Å². The molecule has 0 bridgehead atoms. The van der Waals surface area contributed by atoms with Gasteiger partial charge < -0.3 is 24.3 Å². The van der Waals surface area contributed by atoms with Crippen LogP contribution in [0, 0.1) is 5.82 Å². The fourth-order valence-electron chi connectivity index (χ4n) is 4.02. The number of nitrogens with one attached hydrogen (secondary N) is 1. The summed E-state index contributed by atoms with van der Waals surface area (Å²) in [5, 5.41) is 3.77. The van der Waals surface area contributed by atoms with E-state index in [1.807, 2.05) is 12.1 Å². The Bertz CT molecular complexity index is 1120. The second-order valence-corrected chi connectivity index (χ2v) is 8.53. The van der Waals surface area contributed by atoms with E-state index < -0.39 is 5.82 Å². The summed E-state index contributed by atoms with van der Waals surface area (Å²) in [6, 6.07) is 8.51. The second-order valence-electron chi connectivity index (χ2n) is 8.12. The molecular weight excluding hydrogens is 449 g/mol. The summed E-state index contributed by atoms with van der Waals surface area (Å²) in [5.41, 5.74) is 0.897. The lowest BCUT2D eigenvalue weighted by Gasteiger charge is -2.27. The molecule has 2 aliphatic rings. The first kappa shape index (κ1) is 22.1. The van der Waals surface area contributed by atoms with E-state index in [0.29, 0.717) is 54.6 Å². The number of aromatic nitrogens is 2. The monoisotopic (exact) mass is 473 g/mol. The Kier molecular flexibility index (Phi) is 6.75. The van der Waals surface area contributed by atoms with Crippen molar-refractivity contribution < 1.29 is 23.3 Å². The Balaban J connectivity index is 1.51. The number of rotatable bonds is 6. The van der Waals surface area contributed by atoms with Crippen LogP contribution in [-0.4, -0.2) is 48.6 Å². The Hall–Kier alpha value is -2.68. The summed E-state index contributed by atoms with van der Waals surface area (Å²) in [5.74, 6) is 1.17. The predicted molar refractivity (Wildman–Crippen MR) is 123 cm³/mol. The minimum absolute atomic E-state index is 0.0275. The minimum Gasteiger partial charge on any atom is -0.486 e. The van der Waals surface area contributed by atoms with Gasteiger partial charge in [0.25, 0.3) is 0 Å². The number of hydrogen-bond donors (Lipinski definition) is 1. The van der Waals surface area contributed by atoms with E-state index in [9.17, 15) is 4.39 Å². The average molecular weight is 474 g/mol. The topological polar surface area (TPSA) is 74.7 Å². The van der Waals surface area contributed by atoms with Gasteiger partial charge in [0.2, 0.25) is 0 Å². The van der Waals surface area contributed by atoms with Gasteiger partial charge in [-0.25, -0.2) is 14.4 Å². The molecule has 2 aliphatic heterocycles. The summed E-state index contributed by atoms with van der Waals surface area (Å²) in [6.45, 7) is 2.68. The van der Waals surface area contributed by atoms with Crippen molar-refractivity contribution in [1.29, 1.82) is 0 Å². The molecule has 0 radical (unpaired) electrons. The molecule has 7 nitrogen and oxygen atoms in total. The molecule has 9 heteroatoms. The highest BCUT2D eigenvalue weighted by atomic mass is 35.5. The lowest BCUT2D eigenvalue weighted by Crippen LogP contribution is -2.28. The van der Waals surface area contributed by atoms with Gasteiger partial charge in [0.1, 0.15) is 24.4 Å². The van der Waals surface area contributed by atoms with Crippen molar-refractivity contribution in [3.8, 4) is 11.5 Å². The molecule has 174 valence electrons. The summed E-state index contributed by atoms with van der Waals surface area (Å²) in [6.07, 6.45) is 4.76. The van der Waals surface area contributed by atoms with Crippen LogP contribution in [0.25, 0.3) is 10.9 Å². The zero-order valence-corrected chi connectivity index (χ0v) is 18.8. The molecule has 0 unspecified atom stereocenters. The molecule has 2 saturated heterocycles. The highest BCUT2D eigenvalue weighted by Gasteiger charge is 2.23. The fourth-order valence-corrected chi connectivity index (χ4v) is 4.20. The molecule has 33 heavy (non-hydrogen) atoms. The summed E-state index contributed by atoms with van der Waals surface area (Å²) < 4.78 is 38.1. The third-order valence-electron chi connectivity index (χ3n) is 5.83. The van der Waals surface area contributed by atoms with Gasteiger partial charge in [-0.05, 0) is 18.2 Å². The zero-order chi connectivity index (χ0) is 22.6. The molecule has 0 aliphatic carbocycles. The molecule has 1 N–H and O–H groups in total. The maximum absolute atomic E-state index is 14.5. The average Bonchev–Trinajstić information content (AvgIpc) is 2.84.